The van der Waals surface area contributed by atoms with Crippen molar-refractivity contribution in [3.05, 3.63) is 91.7 Å². The molecule has 0 saturated heterocycles. The monoisotopic (exact) mass is 663 g/mol. The topological polar surface area (TPSA) is 144 Å². The zero-order valence-corrected chi connectivity index (χ0v) is 28.4. The van der Waals surface area contributed by atoms with Crippen LogP contribution >= 0.6 is 11.6 Å². The summed E-state index contributed by atoms with van der Waals surface area (Å²) in [6.45, 7) is 10.3. The maximum absolute atomic E-state index is 14.1. The number of carbonyl (C=O) groups excluding carboxylic acids is 2. The van der Waals surface area contributed by atoms with Gasteiger partial charge in [0.25, 0.3) is 5.56 Å². The third-order valence-electron chi connectivity index (χ3n) is 7.35. The number of aromatic nitrogens is 6. The van der Waals surface area contributed by atoms with Crippen LogP contribution in [-0.2, 0) is 36.5 Å². The van der Waals surface area contributed by atoms with Crippen molar-refractivity contribution < 1.29 is 19.1 Å². The summed E-state index contributed by atoms with van der Waals surface area (Å²) in [6, 6.07) is 9.67. The van der Waals surface area contributed by atoms with Crippen LogP contribution in [0.2, 0.25) is 5.02 Å². The summed E-state index contributed by atoms with van der Waals surface area (Å²) in [5.74, 6) is 0.335. The lowest BCUT2D eigenvalue weighted by atomic mass is 10.1. The minimum atomic E-state index is -0.805. The van der Waals surface area contributed by atoms with Gasteiger partial charge in [0, 0.05) is 43.3 Å². The minimum absolute atomic E-state index is 0.130. The van der Waals surface area contributed by atoms with Crippen molar-refractivity contribution in [2.24, 2.45) is 14.1 Å². The molecule has 248 valence electrons. The number of nitrogens with one attached hydrogen (secondary N) is 1. The van der Waals surface area contributed by atoms with Crippen molar-refractivity contribution >= 4 is 45.9 Å². The van der Waals surface area contributed by atoms with Crippen molar-refractivity contribution in [3.63, 3.8) is 0 Å². The average molecular weight is 664 g/mol. The Hall–Kier alpha value is -4.91. The van der Waals surface area contributed by atoms with Gasteiger partial charge in [-0.3, -0.25) is 18.9 Å². The van der Waals surface area contributed by atoms with E-state index >= 15 is 0 Å². The van der Waals surface area contributed by atoms with E-state index in [9.17, 15) is 19.2 Å². The van der Waals surface area contributed by atoms with E-state index in [0.29, 0.717) is 33.9 Å². The molecule has 47 heavy (non-hydrogen) atoms. The second-order valence-electron chi connectivity index (χ2n) is 13.3. The smallest absolute Gasteiger partial charge is 0.419 e. The number of aryl methyl sites for hydroxylation is 2. The molecule has 0 radical (unpaired) electrons. The Kier molecular flexibility index (Phi) is 8.80. The lowest BCUT2D eigenvalue weighted by molar-refractivity contribution is 0.0497. The molecule has 0 aliphatic rings. The number of hydrogen-bond acceptors (Lipinski definition) is 8. The summed E-state index contributed by atoms with van der Waals surface area (Å²) in [6.07, 6.45) is 2.24. The molecule has 4 aromatic heterocycles. The summed E-state index contributed by atoms with van der Waals surface area (Å²) >= 11 is 6.48. The van der Waals surface area contributed by atoms with Gasteiger partial charge in [-0.15, -0.1) is 0 Å². The molecule has 1 N–H and O–H groups in total. The number of ether oxygens (including phenoxy) is 2. The van der Waals surface area contributed by atoms with E-state index in [1.165, 1.54) is 16.2 Å². The highest BCUT2D eigenvalue weighted by Gasteiger charge is 2.29. The highest BCUT2D eigenvalue weighted by Crippen LogP contribution is 2.29. The Balaban J connectivity index is 1.64. The van der Waals surface area contributed by atoms with E-state index < -0.39 is 40.7 Å². The number of pyridine rings is 1. The fourth-order valence-corrected chi connectivity index (χ4v) is 5.60. The summed E-state index contributed by atoms with van der Waals surface area (Å²) in [7, 11) is 3.16. The summed E-state index contributed by atoms with van der Waals surface area (Å²) in [5, 5.41) is 3.84. The minimum Gasteiger partial charge on any atom is -0.444 e. The number of nitrogens with zero attached hydrogens (tertiary/aromatic N) is 6. The zero-order valence-electron chi connectivity index (χ0n) is 27.6. The lowest BCUT2D eigenvalue weighted by Crippen LogP contribution is -2.40. The van der Waals surface area contributed by atoms with E-state index in [0.717, 1.165) is 10.1 Å². The highest BCUT2D eigenvalue weighted by atomic mass is 35.5. The number of rotatable bonds is 6. The Morgan fingerprint density at radius 3 is 2.26 bits per heavy atom. The summed E-state index contributed by atoms with van der Waals surface area (Å²) < 4.78 is 16.4. The van der Waals surface area contributed by atoms with Gasteiger partial charge in [0.2, 0.25) is 0 Å². The standard InChI is InChI=1S/C33H38ClN7O6/c1-32(2,3)46-29(43)36-23(16-19-12-14-35-15-13-19)26-37-27-25(38(26)7)28(42)40(30(44)39(27)8)18-20-17-21-22(34)10-9-11-24(21)41(20)31(45)47-33(4,5)6/h9-15,17,23H,16,18H2,1-8H3,(H,36,43)/t23-/m1/s1. The Morgan fingerprint density at radius 2 is 1.62 bits per heavy atom. The average Bonchev–Trinajstić information content (AvgIpc) is 3.51. The molecule has 0 spiro atoms. The van der Waals surface area contributed by atoms with Crippen molar-refractivity contribution in [1.82, 2.24) is 33.6 Å². The van der Waals surface area contributed by atoms with Crippen LogP contribution in [0.1, 0.15) is 64.7 Å². The molecule has 0 saturated carbocycles. The predicted octanol–water partition coefficient (Wildman–Crippen LogP) is 5.08. The number of fused-ring (bicyclic) bond motifs is 2. The van der Waals surface area contributed by atoms with Crippen molar-refractivity contribution in [1.29, 1.82) is 0 Å². The molecule has 0 bridgehead atoms. The SMILES string of the molecule is Cn1c([C@@H](Cc2ccncc2)NC(=O)OC(C)(C)C)nc2c1c(=O)n(Cc1cc3c(Cl)cccc3n1C(=O)OC(C)(C)C)c(=O)n2C. The van der Waals surface area contributed by atoms with Gasteiger partial charge in [0.05, 0.1) is 23.8 Å². The van der Waals surface area contributed by atoms with Crippen LogP contribution in [0.25, 0.3) is 22.1 Å². The van der Waals surface area contributed by atoms with Gasteiger partial charge in [0.15, 0.2) is 11.2 Å². The van der Waals surface area contributed by atoms with Gasteiger partial charge in [-0.05, 0) is 77.4 Å². The van der Waals surface area contributed by atoms with Gasteiger partial charge in [0.1, 0.15) is 17.0 Å². The highest BCUT2D eigenvalue weighted by molar-refractivity contribution is 6.35. The maximum atomic E-state index is 14.1. The third-order valence-corrected chi connectivity index (χ3v) is 7.68. The molecule has 0 aliphatic carbocycles. The second kappa shape index (κ2) is 12.4. The first-order valence-corrected chi connectivity index (χ1v) is 15.4. The number of amides is 1. The molecule has 0 unspecified atom stereocenters. The Morgan fingerprint density at radius 1 is 0.957 bits per heavy atom. The Bertz CT molecular complexity index is 2110. The van der Waals surface area contributed by atoms with Gasteiger partial charge in [-0.1, -0.05) is 17.7 Å². The predicted molar refractivity (Wildman–Crippen MR) is 178 cm³/mol. The van der Waals surface area contributed by atoms with Crippen LogP contribution in [0, 0.1) is 0 Å². The van der Waals surface area contributed by atoms with Crippen LogP contribution in [0.3, 0.4) is 0 Å². The van der Waals surface area contributed by atoms with Gasteiger partial charge < -0.3 is 19.4 Å². The number of alkyl carbamates (subject to hydrolysis) is 1. The molecule has 0 aliphatic heterocycles. The van der Waals surface area contributed by atoms with Gasteiger partial charge in [-0.2, -0.15) is 0 Å². The van der Waals surface area contributed by atoms with Crippen LogP contribution in [0.5, 0.6) is 0 Å². The molecule has 5 rings (SSSR count). The van der Waals surface area contributed by atoms with Crippen LogP contribution in [-0.4, -0.2) is 51.6 Å². The molecule has 1 aromatic carbocycles. The summed E-state index contributed by atoms with van der Waals surface area (Å²) in [4.78, 5) is 63.0. The maximum Gasteiger partial charge on any atom is 0.419 e. The Labute approximate surface area is 275 Å². The molecule has 14 heteroatoms. The molecule has 1 atom stereocenters. The van der Waals surface area contributed by atoms with E-state index in [1.807, 2.05) is 12.1 Å². The molecule has 4 heterocycles. The number of benzene rings is 1. The number of carbonyl (C=O) groups is 2. The van der Waals surface area contributed by atoms with Crippen molar-refractivity contribution in [2.75, 3.05) is 0 Å². The van der Waals surface area contributed by atoms with E-state index in [1.54, 1.807) is 89.8 Å². The van der Waals surface area contributed by atoms with Crippen molar-refractivity contribution in [2.45, 2.75) is 71.8 Å². The van der Waals surface area contributed by atoms with Crippen LogP contribution < -0.4 is 16.6 Å². The first-order valence-electron chi connectivity index (χ1n) is 15.0. The quantitative estimate of drug-likeness (QED) is 0.265. The fourth-order valence-electron chi connectivity index (χ4n) is 5.37. The molecule has 13 nitrogen and oxygen atoms in total. The van der Waals surface area contributed by atoms with E-state index in [2.05, 4.69) is 10.3 Å². The first kappa shape index (κ1) is 33.5. The largest absolute Gasteiger partial charge is 0.444 e. The number of imidazole rings is 1. The fraction of sp³-hybridized carbons (Fsp3) is 0.394. The van der Waals surface area contributed by atoms with Crippen molar-refractivity contribution in [3.8, 4) is 0 Å². The molecule has 0 fully saturated rings. The number of halogens is 1. The lowest BCUT2D eigenvalue weighted by Gasteiger charge is -2.23. The third kappa shape index (κ3) is 6.94. The van der Waals surface area contributed by atoms with Crippen LogP contribution in [0.15, 0.2) is 58.4 Å². The zero-order chi connectivity index (χ0) is 34.4. The molecular weight excluding hydrogens is 626 g/mol. The van der Waals surface area contributed by atoms with Gasteiger partial charge >= 0.3 is 17.9 Å². The van der Waals surface area contributed by atoms with E-state index in [-0.39, 0.29) is 17.7 Å². The first-order chi connectivity index (χ1) is 21.9. The normalized spacial score (nSPS) is 12.8. The molecule has 5 aromatic rings. The number of hydrogen-bond donors (Lipinski definition) is 1. The van der Waals surface area contributed by atoms with E-state index in [4.69, 9.17) is 26.1 Å². The van der Waals surface area contributed by atoms with Crippen LogP contribution in [0.4, 0.5) is 9.59 Å². The molecule has 1 amide bonds. The summed E-state index contributed by atoms with van der Waals surface area (Å²) in [5.41, 5.74) is -0.911. The van der Waals surface area contributed by atoms with Gasteiger partial charge in [-0.25, -0.2) is 23.9 Å². The second-order valence-corrected chi connectivity index (χ2v) is 13.7. The molecular formula is C33H38ClN7O6.